The second-order valence-corrected chi connectivity index (χ2v) is 6.61. The standard InChI is InChI=1S/C20H27N5O2/c1-16-23-18(13-19(24-16)25-11-5-6-12-25)21-9-10-22-20(26)15-27-14-17-7-3-2-4-8-17/h2-4,7-8,13H,5-6,9-12,14-15H2,1H3,(H,22,26)(H,21,23,24). The van der Waals surface area contributed by atoms with Gasteiger partial charge in [0.05, 0.1) is 6.61 Å². The van der Waals surface area contributed by atoms with Crippen molar-refractivity contribution in [3.05, 3.63) is 47.8 Å². The molecule has 0 unspecified atom stereocenters. The van der Waals surface area contributed by atoms with Gasteiger partial charge in [0.25, 0.3) is 0 Å². The van der Waals surface area contributed by atoms with Gasteiger partial charge >= 0.3 is 0 Å². The SMILES string of the molecule is Cc1nc(NCCNC(=O)COCc2ccccc2)cc(N2CCCC2)n1. The topological polar surface area (TPSA) is 79.4 Å². The molecule has 0 spiro atoms. The Hall–Kier alpha value is -2.67. The van der Waals surface area contributed by atoms with Crippen LogP contribution in [-0.2, 0) is 16.1 Å². The summed E-state index contributed by atoms with van der Waals surface area (Å²) >= 11 is 0. The van der Waals surface area contributed by atoms with E-state index in [1.54, 1.807) is 0 Å². The minimum Gasteiger partial charge on any atom is -0.368 e. The second kappa shape index (κ2) is 9.87. The van der Waals surface area contributed by atoms with Crippen molar-refractivity contribution in [3.63, 3.8) is 0 Å². The number of rotatable bonds is 9. The van der Waals surface area contributed by atoms with Crippen molar-refractivity contribution in [1.82, 2.24) is 15.3 Å². The van der Waals surface area contributed by atoms with Crippen molar-refractivity contribution >= 4 is 17.5 Å². The fraction of sp³-hybridized carbons (Fsp3) is 0.450. The second-order valence-electron chi connectivity index (χ2n) is 6.61. The number of carbonyl (C=O) groups is 1. The smallest absolute Gasteiger partial charge is 0.246 e. The Morgan fingerprint density at radius 3 is 2.70 bits per heavy atom. The van der Waals surface area contributed by atoms with Gasteiger partial charge in [-0.05, 0) is 25.3 Å². The van der Waals surface area contributed by atoms with Gasteiger partial charge in [-0.15, -0.1) is 0 Å². The molecule has 1 aliphatic heterocycles. The van der Waals surface area contributed by atoms with E-state index >= 15 is 0 Å². The highest BCUT2D eigenvalue weighted by atomic mass is 16.5. The van der Waals surface area contributed by atoms with E-state index in [1.165, 1.54) is 12.8 Å². The van der Waals surface area contributed by atoms with Gasteiger partial charge in [0.2, 0.25) is 5.91 Å². The molecule has 1 fully saturated rings. The third kappa shape index (κ3) is 6.21. The number of hydrogen-bond acceptors (Lipinski definition) is 6. The number of anilines is 2. The summed E-state index contributed by atoms with van der Waals surface area (Å²) in [6, 6.07) is 11.8. The van der Waals surface area contributed by atoms with Crippen molar-refractivity contribution in [3.8, 4) is 0 Å². The van der Waals surface area contributed by atoms with Crippen molar-refractivity contribution in [2.24, 2.45) is 0 Å². The number of hydrogen-bond donors (Lipinski definition) is 2. The average molecular weight is 369 g/mol. The van der Waals surface area contributed by atoms with Gasteiger partial charge in [-0.25, -0.2) is 9.97 Å². The normalized spacial score (nSPS) is 13.6. The minimum absolute atomic E-state index is 0.0562. The molecule has 2 N–H and O–H groups in total. The number of benzene rings is 1. The van der Waals surface area contributed by atoms with E-state index in [0.717, 1.165) is 36.1 Å². The lowest BCUT2D eigenvalue weighted by molar-refractivity contribution is -0.126. The molecule has 2 heterocycles. The molecule has 0 radical (unpaired) electrons. The third-order valence-electron chi connectivity index (χ3n) is 4.35. The largest absolute Gasteiger partial charge is 0.368 e. The van der Waals surface area contributed by atoms with Crippen LogP contribution in [0.2, 0.25) is 0 Å². The summed E-state index contributed by atoms with van der Waals surface area (Å²) in [4.78, 5) is 23.1. The highest BCUT2D eigenvalue weighted by Crippen LogP contribution is 2.20. The predicted octanol–water partition coefficient (Wildman–Crippen LogP) is 2.13. The summed E-state index contributed by atoms with van der Waals surface area (Å²) in [5.41, 5.74) is 1.06. The maximum absolute atomic E-state index is 11.8. The molecule has 27 heavy (non-hydrogen) atoms. The lowest BCUT2D eigenvalue weighted by Gasteiger charge is -2.17. The van der Waals surface area contributed by atoms with Crippen LogP contribution in [0.5, 0.6) is 0 Å². The fourth-order valence-electron chi connectivity index (χ4n) is 3.03. The summed E-state index contributed by atoms with van der Waals surface area (Å²) < 4.78 is 5.43. The number of amides is 1. The number of ether oxygens (including phenoxy) is 1. The lowest BCUT2D eigenvalue weighted by atomic mass is 10.2. The van der Waals surface area contributed by atoms with E-state index < -0.39 is 0 Å². The molecule has 3 rings (SSSR count). The quantitative estimate of drug-likeness (QED) is 0.659. The number of aromatic nitrogens is 2. The molecule has 1 aliphatic rings. The van der Waals surface area contributed by atoms with Crippen LogP contribution in [0, 0.1) is 6.92 Å². The summed E-state index contributed by atoms with van der Waals surface area (Å²) in [5.74, 6) is 2.39. The van der Waals surface area contributed by atoms with Crippen LogP contribution in [-0.4, -0.2) is 48.7 Å². The maximum Gasteiger partial charge on any atom is 0.246 e. The van der Waals surface area contributed by atoms with Crippen molar-refractivity contribution in [1.29, 1.82) is 0 Å². The van der Waals surface area contributed by atoms with E-state index in [0.29, 0.717) is 19.7 Å². The lowest BCUT2D eigenvalue weighted by Crippen LogP contribution is -2.32. The van der Waals surface area contributed by atoms with Crippen LogP contribution in [0.25, 0.3) is 0 Å². The fourth-order valence-corrected chi connectivity index (χ4v) is 3.03. The molecule has 2 aromatic rings. The van der Waals surface area contributed by atoms with Gasteiger partial charge in [0, 0.05) is 32.2 Å². The van der Waals surface area contributed by atoms with E-state index in [-0.39, 0.29) is 12.5 Å². The summed E-state index contributed by atoms with van der Waals surface area (Å²) in [6.07, 6.45) is 2.42. The number of nitrogens with one attached hydrogen (secondary N) is 2. The zero-order valence-corrected chi connectivity index (χ0v) is 15.8. The molecule has 144 valence electrons. The summed E-state index contributed by atoms with van der Waals surface area (Å²) in [6.45, 7) is 5.60. The first-order valence-electron chi connectivity index (χ1n) is 9.43. The van der Waals surface area contributed by atoms with Crippen LogP contribution >= 0.6 is 0 Å². The van der Waals surface area contributed by atoms with Gasteiger partial charge in [0.15, 0.2) is 0 Å². The Balaban J connectivity index is 1.35. The minimum atomic E-state index is -0.121. The highest BCUT2D eigenvalue weighted by molar-refractivity contribution is 5.77. The molecule has 1 amide bonds. The van der Waals surface area contributed by atoms with Gasteiger partial charge < -0.3 is 20.3 Å². The molecule has 0 atom stereocenters. The molecule has 7 nitrogen and oxygen atoms in total. The molecule has 7 heteroatoms. The van der Waals surface area contributed by atoms with Crippen LogP contribution in [0.15, 0.2) is 36.4 Å². The van der Waals surface area contributed by atoms with E-state index in [9.17, 15) is 4.79 Å². The molecule has 0 aliphatic carbocycles. The Bertz CT molecular complexity index is 732. The van der Waals surface area contributed by atoms with Crippen molar-refractivity contribution in [2.45, 2.75) is 26.4 Å². The van der Waals surface area contributed by atoms with Gasteiger partial charge in [0.1, 0.15) is 24.1 Å². The van der Waals surface area contributed by atoms with Gasteiger partial charge in [-0.1, -0.05) is 30.3 Å². The zero-order chi connectivity index (χ0) is 18.9. The average Bonchev–Trinajstić information content (AvgIpc) is 3.21. The first-order valence-corrected chi connectivity index (χ1v) is 9.43. The predicted molar refractivity (Wildman–Crippen MR) is 106 cm³/mol. The van der Waals surface area contributed by atoms with E-state index in [4.69, 9.17) is 4.74 Å². The van der Waals surface area contributed by atoms with Crippen LogP contribution in [0.4, 0.5) is 11.6 Å². The molecule has 0 saturated carbocycles. The first-order chi connectivity index (χ1) is 13.2. The molecule has 0 bridgehead atoms. The summed E-state index contributed by atoms with van der Waals surface area (Å²) in [5, 5.41) is 6.10. The molecule has 1 saturated heterocycles. The zero-order valence-electron chi connectivity index (χ0n) is 15.8. The number of aryl methyl sites for hydroxylation is 1. The van der Waals surface area contributed by atoms with E-state index in [2.05, 4.69) is 25.5 Å². The Morgan fingerprint density at radius 2 is 1.93 bits per heavy atom. The maximum atomic E-state index is 11.8. The number of nitrogens with zero attached hydrogens (tertiary/aromatic N) is 3. The monoisotopic (exact) mass is 369 g/mol. The van der Waals surface area contributed by atoms with Gasteiger partial charge in [-0.2, -0.15) is 0 Å². The first kappa shape index (κ1) is 19.1. The molecule has 1 aromatic heterocycles. The molecular formula is C20H27N5O2. The molecular weight excluding hydrogens is 342 g/mol. The van der Waals surface area contributed by atoms with Crippen molar-refractivity contribution < 1.29 is 9.53 Å². The van der Waals surface area contributed by atoms with Crippen LogP contribution in [0.1, 0.15) is 24.2 Å². The van der Waals surface area contributed by atoms with Crippen LogP contribution in [0.3, 0.4) is 0 Å². The number of carbonyl (C=O) groups excluding carboxylic acids is 1. The Morgan fingerprint density at radius 1 is 1.15 bits per heavy atom. The third-order valence-corrected chi connectivity index (χ3v) is 4.35. The van der Waals surface area contributed by atoms with Crippen molar-refractivity contribution in [2.75, 3.05) is 43.0 Å². The highest BCUT2D eigenvalue weighted by Gasteiger charge is 2.14. The Labute approximate surface area is 160 Å². The van der Waals surface area contributed by atoms with E-state index in [1.807, 2.05) is 43.3 Å². The Kier molecular flexibility index (Phi) is 6.98. The summed E-state index contributed by atoms with van der Waals surface area (Å²) in [7, 11) is 0. The van der Waals surface area contributed by atoms with Crippen LogP contribution < -0.4 is 15.5 Å². The molecule has 1 aromatic carbocycles. The van der Waals surface area contributed by atoms with Gasteiger partial charge in [-0.3, -0.25) is 4.79 Å².